The second-order valence-corrected chi connectivity index (χ2v) is 5.09. The third-order valence-electron chi connectivity index (χ3n) is 3.41. The highest BCUT2D eigenvalue weighted by Crippen LogP contribution is 2.44. The standard InChI is InChI=1S/C11H21NO/c1-9-7-10(3-6-13-9)12-8-11(2)4-5-11/h9-10,12H,3-8H2,1-2H3. The molecule has 2 fully saturated rings. The Labute approximate surface area is 81.0 Å². The van der Waals surface area contributed by atoms with Gasteiger partial charge in [-0.2, -0.15) is 0 Å². The van der Waals surface area contributed by atoms with Gasteiger partial charge in [-0.15, -0.1) is 0 Å². The van der Waals surface area contributed by atoms with E-state index in [-0.39, 0.29) is 0 Å². The van der Waals surface area contributed by atoms with Crippen LogP contribution in [-0.2, 0) is 4.74 Å². The Morgan fingerprint density at radius 2 is 2.23 bits per heavy atom. The lowest BCUT2D eigenvalue weighted by Crippen LogP contribution is -2.40. The minimum absolute atomic E-state index is 0.457. The molecule has 2 unspecified atom stereocenters. The SMILES string of the molecule is CC1CC(NCC2(C)CC2)CCO1. The summed E-state index contributed by atoms with van der Waals surface area (Å²) in [5.74, 6) is 0. The second kappa shape index (κ2) is 3.58. The molecule has 0 aromatic carbocycles. The fraction of sp³-hybridized carbons (Fsp3) is 1.00. The van der Waals surface area contributed by atoms with Gasteiger partial charge >= 0.3 is 0 Å². The first-order valence-electron chi connectivity index (χ1n) is 5.53. The van der Waals surface area contributed by atoms with Crippen molar-refractivity contribution in [1.29, 1.82) is 0 Å². The Morgan fingerprint density at radius 1 is 1.46 bits per heavy atom. The van der Waals surface area contributed by atoms with Crippen LogP contribution in [0.5, 0.6) is 0 Å². The van der Waals surface area contributed by atoms with Crippen molar-refractivity contribution in [2.45, 2.75) is 51.7 Å². The molecule has 2 aliphatic rings. The minimum atomic E-state index is 0.457. The van der Waals surface area contributed by atoms with Gasteiger partial charge in [0.25, 0.3) is 0 Å². The molecule has 76 valence electrons. The number of nitrogens with one attached hydrogen (secondary N) is 1. The highest BCUT2D eigenvalue weighted by Gasteiger charge is 2.37. The Morgan fingerprint density at radius 3 is 2.85 bits per heavy atom. The van der Waals surface area contributed by atoms with Gasteiger partial charge in [-0.3, -0.25) is 0 Å². The molecule has 1 saturated carbocycles. The predicted octanol–water partition coefficient (Wildman–Crippen LogP) is 1.94. The van der Waals surface area contributed by atoms with Crippen LogP contribution >= 0.6 is 0 Å². The van der Waals surface area contributed by atoms with Crippen molar-refractivity contribution in [2.75, 3.05) is 13.2 Å². The van der Waals surface area contributed by atoms with E-state index >= 15 is 0 Å². The molecule has 1 heterocycles. The van der Waals surface area contributed by atoms with Gasteiger partial charge < -0.3 is 10.1 Å². The zero-order valence-electron chi connectivity index (χ0n) is 8.81. The first-order valence-corrected chi connectivity index (χ1v) is 5.53. The normalized spacial score (nSPS) is 37.4. The third-order valence-corrected chi connectivity index (χ3v) is 3.41. The van der Waals surface area contributed by atoms with Gasteiger partial charge in [0.15, 0.2) is 0 Å². The number of hydrogen-bond donors (Lipinski definition) is 1. The van der Waals surface area contributed by atoms with Crippen molar-refractivity contribution in [1.82, 2.24) is 5.32 Å². The van der Waals surface area contributed by atoms with Crippen LogP contribution < -0.4 is 5.32 Å². The van der Waals surface area contributed by atoms with Crippen LogP contribution in [0.1, 0.15) is 39.5 Å². The summed E-state index contributed by atoms with van der Waals surface area (Å²) in [6.45, 7) is 6.70. The molecular formula is C11H21NO. The molecular weight excluding hydrogens is 162 g/mol. The molecule has 0 aromatic rings. The zero-order chi connectivity index (χ0) is 9.31. The summed E-state index contributed by atoms with van der Waals surface area (Å²) < 4.78 is 5.52. The summed E-state index contributed by atoms with van der Waals surface area (Å²) in [5.41, 5.74) is 0.640. The smallest absolute Gasteiger partial charge is 0.0561 e. The number of ether oxygens (including phenoxy) is 1. The van der Waals surface area contributed by atoms with Crippen molar-refractivity contribution in [3.8, 4) is 0 Å². The number of hydrogen-bond acceptors (Lipinski definition) is 2. The highest BCUT2D eigenvalue weighted by atomic mass is 16.5. The van der Waals surface area contributed by atoms with Gasteiger partial charge in [-0.1, -0.05) is 6.92 Å². The van der Waals surface area contributed by atoms with E-state index in [1.54, 1.807) is 0 Å². The van der Waals surface area contributed by atoms with Crippen LogP contribution in [0.25, 0.3) is 0 Å². The third kappa shape index (κ3) is 2.68. The Balaban J connectivity index is 1.68. The summed E-state index contributed by atoms with van der Waals surface area (Å²) in [6.07, 6.45) is 5.67. The summed E-state index contributed by atoms with van der Waals surface area (Å²) in [4.78, 5) is 0. The van der Waals surface area contributed by atoms with E-state index in [0.717, 1.165) is 6.61 Å². The topological polar surface area (TPSA) is 21.3 Å². The van der Waals surface area contributed by atoms with E-state index in [4.69, 9.17) is 4.74 Å². The van der Waals surface area contributed by atoms with Gasteiger partial charge in [0.2, 0.25) is 0 Å². The second-order valence-electron chi connectivity index (χ2n) is 5.09. The Hall–Kier alpha value is -0.0800. The molecule has 13 heavy (non-hydrogen) atoms. The monoisotopic (exact) mass is 183 g/mol. The van der Waals surface area contributed by atoms with Crippen molar-refractivity contribution in [3.05, 3.63) is 0 Å². The van der Waals surface area contributed by atoms with E-state index in [9.17, 15) is 0 Å². The molecule has 2 nitrogen and oxygen atoms in total. The lowest BCUT2D eigenvalue weighted by atomic mass is 10.0. The Bertz CT molecular complexity index is 177. The van der Waals surface area contributed by atoms with Crippen LogP contribution in [0, 0.1) is 5.41 Å². The summed E-state index contributed by atoms with van der Waals surface area (Å²) in [6, 6.07) is 0.709. The Kier molecular flexibility index (Phi) is 2.61. The van der Waals surface area contributed by atoms with Gasteiger partial charge in [-0.25, -0.2) is 0 Å². The van der Waals surface area contributed by atoms with E-state index in [0.29, 0.717) is 17.6 Å². The first kappa shape index (κ1) is 9.47. The largest absolute Gasteiger partial charge is 0.378 e. The van der Waals surface area contributed by atoms with Crippen LogP contribution in [-0.4, -0.2) is 25.3 Å². The van der Waals surface area contributed by atoms with Crippen molar-refractivity contribution in [3.63, 3.8) is 0 Å². The fourth-order valence-corrected chi connectivity index (χ4v) is 1.96. The van der Waals surface area contributed by atoms with E-state index in [1.807, 2.05) is 0 Å². The maximum atomic E-state index is 5.52. The summed E-state index contributed by atoms with van der Waals surface area (Å²) in [7, 11) is 0. The fourth-order valence-electron chi connectivity index (χ4n) is 1.96. The molecule has 2 atom stereocenters. The molecule has 0 radical (unpaired) electrons. The molecule has 0 bridgehead atoms. The lowest BCUT2D eigenvalue weighted by molar-refractivity contribution is 0.0126. The van der Waals surface area contributed by atoms with Crippen LogP contribution in [0.2, 0.25) is 0 Å². The molecule has 0 amide bonds. The van der Waals surface area contributed by atoms with Gasteiger partial charge in [0.1, 0.15) is 0 Å². The maximum Gasteiger partial charge on any atom is 0.0561 e. The zero-order valence-corrected chi connectivity index (χ0v) is 8.81. The molecule has 2 rings (SSSR count). The van der Waals surface area contributed by atoms with Gasteiger partial charge in [-0.05, 0) is 38.0 Å². The van der Waals surface area contributed by atoms with Crippen molar-refractivity contribution < 1.29 is 4.74 Å². The van der Waals surface area contributed by atoms with Crippen LogP contribution in [0.4, 0.5) is 0 Å². The quantitative estimate of drug-likeness (QED) is 0.722. The van der Waals surface area contributed by atoms with E-state index in [1.165, 1.54) is 32.2 Å². The molecule has 1 aliphatic heterocycles. The molecule has 1 N–H and O–H groups in total. The molecule has 1 saturated heterocycles. The average Bonchev–Trinajstić information content (AvgIpc) is 2.82. The van der Waals surface area contributed by atoms with Crippen molar-refractivity contribution in [2.24, 2.45) is 5.41 Å². The average molecular weight is 183 g/mol. The molecule has 0 aromatic heterocycles. The van der Waals surface area contributed by atoms with Gasteiger partial charge in [0.05, 0.1) is 6.10 Å². The first-order chi connectivity index (χ1) is 6.18. The lowest BCUT2D eigenvalue weighted by Gasteiger charge is -2.29. The summed E-state index contributed by atoms with van der Waals surface area (Å²) >= 11 is 0. The van der Waals surface area contributed by atoms with Crippen molar-refractivity contribution >= 4 is 0 Å². The molecule has 1 aliphatic carbocycles. The van der Waals surface area contributed by atoms with E-state index in [2.05, 4.69) is 19.2 Å². The minimum Gasteiger partial charge on any atom is -0.378 e. The predicted molar refractivity (Wildman–Crippen MR) is 53.8 cm³/mol. The summed E-state index contributed by atoms with van der Waals surface area (Å²) in [5, 5.41) is 3.67. The maximum absolute atomic E-state index is 5.52. The van der Waals surface area contributed by atoms with Gasteiger partial charge in [0, 0.05) is 19.2 Å². The molecule has 2 heteroatoms. The highest BCUT2D eigenvalue weighted by molar-refractivity contribution is 4.91. The van der Waals surface area contributed by atoms with Crippen LogP contribution in [0.3, 0.4) is 0 Å². The van der Waals surface area contributed by atoms with Crippen LogP contribution in [0.15, 0.2) is 0 Å². The van der Waals surface area contributed by atoms with E-state index < -0.39 is 0 Å². The molecule has 0 spiro atoms. The number of rotatable bonds is 3.